The molecule has 0 aromatic carbocycles. The van der Waals surface area contributed by atoms with Crippen molar-refractivity contribution >= 4 is 0 Å². The molecule has 0 aliphatic rings. The molecule has 84 valence electrons. The summed E-state index contributed by atoms with van der Waals surface area (Å²) >= 11 is 0. The lowest BCUT2D eigenvalue weighted by molar-refractivity contribution is 0.162. The molecule has 0 aliphatic heterocycles. The van der Waals surface area contributed by atoms with E-state index in [4.69, 9.17) is 4.74 Å². The highest BCUT2D eigenvalue weighted by Crippen LogP contribution is 2.21. The Labute approximate surface area is 90.3 Å². The fourth-order valence-corrected chi connectivity index (χ4v) is 1.27. The molecular weight excluding hydrogens is 192 g/mol. The van der Waals surface area contributed by atoms with Gasteiger partial charge in [-0.3, -0.25) is 4.98 Å². The molecule has 4 heteroatoms. The normalized spacial score (nSPS) is 12.9. The van der Waals surface area contributed by atoms with Crippen LogP contribution in [-0.4, -0.2) is 29.8 Å². The Balaban J connectivity index is 2.68. The summed E-state index contributed by atoms with van der Waals surface area (Å²) in [5.41, 5.74) is 0.577. The highest BCUT2D eigenvalue weighted by Gasteiger charge is 2.14. The van der Waals surface area contributed by atoms with E-state index in [1.807, 2.05) is 13.8 Å². The van der Waals surface area contributed by atoms with Gasteiger partial charge in [0.25, 0.3) is 0 Å². The van der Waals surface area contributed by atoms with Gasteiger partial charge in [-0.15, -0.1) is 0 Å². The minimum absolute atomic E-state index is 0.342. The van der Waals surface area contributed by atoms with E-state index in [1.54, 1.807) is 25.4 Å². The maximum Gasteiger partial charge on any atom is 0.143 e. The van der Waals surface area contributed by atoms with Crippen LogP contribution in [0.5, 0.6) is 5.75 Å². The smallest absolute Gasteiger partial charge is 0.143 e. The third kappa shape index (κ3) is 3.49. The van der Waals surface area contributed by atoms with Crippen molar-refractivity contribution in [1.82, 2.24) is 10.3 Å². The topological polar surface area (TPSA) is 54.4 Å². The summed E-state index contributed by atoms with van der Waals surface area (Å²) < 4.78 is 5.12. The van der Waals surface area contributed by atoms with Crippen molar-refractivity contribution in [3.8, 4) is 5.75 Å². The molecule has 0 saturated carbocycles. The van der Waals surface area contributed by atoms with Crippen LogP contribution in [0.15, 0.2) is 18.3 Å². The third-order valence-corrected chi connectivity index (χ3v) is 2.05. The van der Waals surface area contributed by atoms with Crippen LogP contribution in [0.25, 0.3) is 0 Å². The number of methoxy groups -OCH3 is 1. The van der Waals surface area contributed by atoms with Gasteiger partial charge < -0.3 is 15.2 Å². The Kier molecular flexibility index (Phi) is 4.52. The Hall–Kier alpha value is -1.13. The summed E-state index contributed by atoms with van der Waals surface area (Å²) in [4.78, 5) is 4.11. The number of nitrogens with one attached hydrogen (secondary N) is 1. The number of aromatic nitrogens is 1. The van der Waals surface area contributed by atoms with Crippen molar-refractivity contribution in [2.45, 2.75) is 26.0 Å². The molecule has 0 radical (unpaired) electrons. The molecular formula is C11H18N2O2. The van der Waals surface area contributed by atoms with Crippen molar-refractivity contribution < 1.29 is 9.84 Å². The van der Waals surface area contributed by atoms with Crippen LogP contribution in [0.2, 0.25) is 0 Å². The van der Waals surface area contributed by atoms with Crippen molar-refractivity contribution in [2.75, 3.05) is 13.7 Å². The number of pyridine rings is 1. The standard InChI is InChI=1S/C11H18N2O2/c1-8(2)13-7-9(14)11-10(15-3)5-4-6-12-11/h4-6,8-9,13-14H,7H2,1-3H3. The van der Waals surface area contributed by atoms with Gasteiger partial charge in [0.15, 0.2) is 0 Å². The molecule has 1 unspecified atom stereocenters. The van der Waals surface area contributed by atoms with Gasteiger partial charge in [-0.25, -0.2) is 0 Å². The van der Waals surface area contributed by atoms with Crippen molar-refractivity contribution in [3.05, 3.63) is 24.0 Å². The van der Waals surface area contributed by atoms with Crippen LogP contribution in [0.4, 0.5) is 0 Å². The minimum Gasteiger partial charge on any atom is -0.495 e. The van der Waals surface area contributed by atoms with Gasteiger partial charge in [0.05, 0.1) is 7.11 Å². The fourth-order valence-electron chi connectivity index (χ4n) is 1.27. The lowest BCUT2D eigenvalue weighted by Gasteiger charge is -2.15. The van der Waals surface area contributed by atoms with Crippen molar-refractivity contribution in [1.29, 1.82) is 0 Å². The molecule has 1 atom stereocenters. The van der Waals surface area contributed by atoms with Crippen molar-refractivity contribution in [3.63, 3.8) is 0 Å². The van der Waals surface area contributed by atoms with E-state index in [1.165, 1.54) is 0 Å². The Morgan fingerprint density at radius 1 is 1.53 bits per heavy atom. The highest BCUT2D eigenvalue weighted by molar-refractivity contribution is 5.28. The summed E-state index contributed by atoms with van der Waals surface area (Å²) in [6.07, 6.45) is 1.01. The lowest BCUT2D eigenvalue weighted by atomic mass is 10.2. The zero-order chi connectivity index (χ0) is 11.3. The molecule has 0 fully saturated rings. The molecule has 0 aliphatic carbocycles. The van der Waals surface area contributed by atoms with E-state index in [0.717, 1.165) is 0 Å². The van der Waals surface area contributed by atoms with Crippen LogP contribution in [-0.2, 0) is 0 Å². The van der Waals surface area contributed by atoms with E-state index in [2.05, 4.69) is 10.3 Å². The molecule has 15 heavy (non-hydrogen) atoms. The predicted octanol–water partition coefficient (Wildman–Crippen LogP) is 1.12. The summed E-state index contributed by atoms with van der Waals surface area (Å²) in [5.74, 6) is 0.621. The fraction of sp³-hybridized carbons (Fsp3) is 0.545. The van der Waals surface area contributed by atoms with Crippen molar-refractivity contribution in [2.24, 2.45) is 0 Å². The number of aliphatic hydroxyl groups is 1. The molecule has 0 spiro atoms. The first kappa shape index (κ1) is 11.9. The maximum atomic E-state index is 9.88. The second-order valence-corrected chi connectivity index (χ2v) is 3.67. The first-order chi connectivity index (χ1) is 7.15. The average Bonchev–Trinajstić information content (AvgIpc) is 2.25. The monoisotopic (exact) mass is 210 g/mol. The number of hydrogen-bond acceptors (Lipinski definition) is 4. The Morgan fingerprint density at radius 3 is 2.87 bits per heavy atom. The van der Waals surface area contributed by atoms with Gasteiger partial charge in [0.2, 0.25) is 0 Å². The third-order valence-electron chi connectivity index (χ3n) is 2.05. The van der Waals surface area contributed by atoms with E-state index in [-0.39, 0.29) is 0 Å². The van der Waals surface area contributed by atoms with Crippen LogP contribution < -0.4 is 10.1 Å². The second-order valence-electron chi connectivity index (χ2n) is 3.67. The van der Waals surface area contributed by atoms with Crippen LogP contribution in [0.3, 0.4) is 0 Å². The second kappa shape index (κ2) is 5.68. The van der Waals surface area contributed by atoms with E-state index in [9.17, 15) is 5.11 Å². The SMILES string of the molecule is COc1cccnc1C(O)CNC(C)C. The molecule has 0 amide bonds. The first-order valence-electron chi connectivity index (χ1n) is 5.05. The van der Waals surface area contributed by atoms with Crippen LogP contribution in [0.1, 0.15) is 25.6 Å². The molecule has 0 saturated heterocycles. The molecule has 1 heterocycles. The zero-order valence-electron chi connectivity index (χ0n) is 9.40. The maximum absolute atomic E-state index is 9.88. The molecule has 1 aromatic rings. The highest BCUT2D eigenvalue weighted by atomic mass is 16.5. The number of hydrogen-bond donors (Lipinski definition) is 2. The largest absolute Gasteiger partial charge is 0.495 e. The lowest BCUT2D eigenvalue weighted by Crippen LogP contribution is -2.28. The summed E-state index contributed by atoms with van der Waals surface area (Å²) in [5, 5.41) is 13.0. The molecule has 1 rings (SSSR count). The number of nitrogens with zero attached hydrogens (tertiary/aromatic N) is 1. The van der Waals surface area contributed by atoms with Gasteiger partial charge in [-0.1, -0.05) is 13.8 Å². The first-order valence-corrected chi connectivity index (χ1v) is 5.05. The summed E-state index contributed by atoms with van der Waals surface area (Å²) in [7, 11) is 1.57. The van der Waals surface area contributed by atoms with Crippen LogP contribution in [0, 0.1) is 0 Å². The van der Waals surface area contributed by atoms with E-state index < -0.39 is 6.10 Å². The van der Waals surface area contributed by atoms with Gasteiger partial charge in [0, 0.05) is 18.8 Å². The zero-order valence-corrected chi connectivity index (χ0v) is 9.40. The summed E-state index contributed by atoms with van der Waals surface area (Å²) in [6, 6.07) is 3.92. The minimum atomic E-state index is -0.636. The van der Waals surface area contributed by atoms with Gasteiger partial charge in [-0.05, 0) is 12.1 Å². The predicted molar refractivity (Wildman–Crippen MR) is 58.9 cm³/mol. The Morgan fingerprint density at radius 2 is 2.27 bits per heavy atom. The quantitative estimate of drug-likeness (QED) is 0.764. The number of aliphatic hydroxyl groups excluding tert-OH is 1. The van der Waals surface area contributed by atoms with E-state index in [0.29, 0.717) is 24.0 Å². The number of rotatable bonds is 5. The van der Waals surface area contributed by atoms with Gasteiger partial charge in [0.1, 0.15) is 17.5 Å². The van der Waals surface area contributed by atoms with E-state index >= 15 is 0 Å². The van der Waals surface area contributed by atoms with Crippen LogP contribution >= 0.6 is 0 Å². The molecule has 4 nitrogen and oxygen atoms in total. The molecule has 0 bridgehead atoms. The molecule has 2 N–H and O–H groups in total. The molecule has 1 aromatic heterocycles. The number of ether oxygens (including phenoxy) is 1. The average molecular weight is 210 g/mol. The van der Waals surface area contributed by atoms with Gasteiger partial charge in [-0.2, -0.15) is 0 Å². The Bertz CT molecular complexity index is 302. The summed E-state index contributed by atoms with van der Waals surface area (Å²) in [6.45, 7) is 4.54. The van der Waals surface area contributed by atoms with Gasteiger partial charge >= 0.3 is 0 Å².